The van der Waals surface area contributed by atoms with Crippen molar-refractivity contribution in [3.8, 4) is 0 Å². The van der Waals surface area contributed by atoms with Crippen LogP contribution in [0.15, 0.2) is 63.5 Å². The number of nitro benzene ring substituents is 1. The summed E-state index contributed by atoms with van der Waals surface area (Å²) in [5.74, 6) is -0.640. The van der Waals surface area contributed by atoms with Gasteiger partial charge in [-0.1, -0.05) is 52.7 Å². The van der Waals surface area contributed by atoms with Crippen molar-refractivity contribution < 1.29 is 14.5 Å². The van der Waals surface area contributed by atoms with Crippen LogP contribution < -0.4 is 14.9 Å². The summed E-state index contributed by atoms with van der Waals surface area (Å²) in [5.41, 5.74) is 1.02. The molecule has 0 spiro atoms. The molecule has 174 valence electrons. The lowest BCUT2D eigenvalue weighted by atomic mass is 9.95. The van der Waals surface area contributed by atoms with Gasteiger partial charge in [-0.15, -0.1) is 0 Å². The van der Waals surface area contributed by atoms with Crippen LogP contribution in [-0.4, -0.2) is 22.1 Å². The van der Waals surface area contributed by atoms with Gasteiger partial charge in [0.05, 0.1) is 43.4 Å². The SMILES string of the molecule is CCOC(=O)C1=C(C)N=c2sc(=Cc3ccc(Cl)c(Cl)c3)c(=O)n2[C@H]1c1cccc([N+](=O)[O-])c1. The van der Waals surface area contributed by atoms with E-state index >= 15 is 0 Å². The molecule has 8 nitrogen and oxygen atoms in total. The maximum absolute atomic E-state index is 13.5. The van der Waals surface area contributed by atoms with Gasteiger partial charge in [0, 0.05) is 12.1 Å². The van der Waals surface area contributed by atoms with Crippen LogP contribution in [0, 0.1) is 10.1 Å². The van der Waals surface area contributed by atoms with Crippen LogP contribution in [0.5, 0.6) is 0 Å². The van der Waals surface area contributed by atoms with E-state index in [9.17, 15) is 19.7 Å². The van der Waals surface area contributed by atoms with E-state index in [0.29, 0.717) is 36.2 Å². The standard InChI is InChI=1S/C23H17Cl2N3O5S/c1-3-33-22(30)19-12(2)26-23-27(20(19)14-5-4-6-15(11-14)28(31)32)21(29)18(34-23)10-13-7-8-16(24)17(25)9-13/h4-11,20H,3H2,1-2H3/t20-/m0/s1. The Kier molecular flexibility index (Phi) is 6.70. The lowest BCUT2D eigenvalue weighted by Gasteiger charge is -2.24. The first-order valence-electron chi connectivity index (χ1n) is 10.1. The number of rotatable bonds is 5. The van der Waals surface area contributed by atoms with Gasteiger partial charge in [0.25, 0.3) is 11.2 Å². The number of nitro groups is 1. The Morgan fingerprint density at radius 2 is 2.03 bits per heavy atom. The second-order valence-electron chi connectivity index (χ2n) is 7.33. The predicted molar refractivity (Wildman–Crippen MR) is 130 cm³/mol. The number of halogens is 2. The number of carbonyl (C=O) groups excluding carboxylic acids is 1. The molecule has 2 heterocycles. The van der Waals surface area contributed by atoms with Crippen molar-refractivity contribution in [3.63, 3.8) is 0 Å². The molecule has 3 aromatic rings. The second kappa shape index (κ2) is 9.54. The van der Waals surface area contributed by atoms with Gasteiger partial charge in [0.2, 0.25) is 0 Å². The molecule has 34 heavy (non-hydrogen) atoms. The summed E-state index contributed by atoms with van der Waals surface area (Å²) in [7, 11) is 0. The molecule has 11 heteroatoms. The molecule has 1 atom stereocenters. The molecule has 0 saturated carbocycles. The van der Waals surface area contributed by atoms with Gasteiger partial charge in [0.1, 0.15) is 0 Å². The van der Waals surface area contributed by atoms with Crippen LogP contribution in [-0.2, 0) is 9.53 Å². The third kappa shape index (κ3) is 4.42. The molecule has 0 saturated heterocycles. The van der Waals surface area contributed by atoms with E-state index in [2.05, 4.69) is 4.99 Å². The monoisotopic (exact) mass is 517 g/mol. The Morgan fingerprint density at radius 1 is 1.26 bits per heavy atom. The van der Waals surface area contributed by atoms with Gasteiger partial charge in [-0.3, -0.25) is 19.5 Å². The summed E-state index contributed by atoms with van der Waals surface area (Å²) in [6.07, 6.45) is 1.65. The van der Waals surface area contributed by atoms with Gasteiger partial charge >= 0.3 is 5.97 Å². The number of thiazole rings is 1. The number of hydrogen-bond donors (Lipinski definition) is 0. The van der Waals surface area contributed by atoms with E-state index < -0.39 is 22.5 Å². The number of ether oxygens (including phenoxy) is 1. The number of hydrogen-bond acceptors (Lipinski definition) is 7. The highest BCUT2D eigenvalue weighted by atomic mass is 35.5. The zero-order valence-electron chi connectivity index (χ0n) is 18.0. The first-order chi connectivity index (χ1) is 16.2. The van der Waals surface area contributed by atoms with Crippen molar-refractivity contribution in [2.45, 2.75) is 19.9 Å². The van der Waals surface area contributed by atoms with Crippen LogP contribution in [0.3, 0.4) is 0 Å². The van der Waals surface area contributed by atoms with Crippen LogP contribution in [0.2, 0.25) is 10.0 Å². The molecule has 2 aromatic carbocycles. The summed E-state index contributed by atoms with van der Waals surface area (Å²) in [5, 5.41) is 12.1. The molecule has 1 aliphatic heterocycles. The third-order valence-corrected chi connectivity index (χ3v) is 6.88. The average Bonchev–Trinajstić information content (AvgIpc) is 3.10. The van der Waals surface area contributed by atoms with Crippen LogP contribution in [0.25, 0.3) is 6.08 Å². The van der Waals surface area contributed by atoms with E-state index in [1.54, 1.807) is 44.2 Å². The molecule has 1 aromatic heterocycles. The topological polar surface area (TPSA) is 104 Å². The Bertz CT molecular complexity index is 1540. The zero-order chi connectivity index (χ0) is 24.6. The van der Waals surface area contributed by atoms with Gasteiger partial charge in [-0.05, 0) is 43.2 Å². The molecule has 1 aliphatic rings. The summed E-state index contributed by atoms with van der Waals surface area (Å²) < 4.78 is 6.95. The average molecular weight is 518 g/mol. The number of nitrogens with zero attached hydrogens (tertiary/aromatic N) is 3. The van der Waals surface area contributed by atoms with E-state index in [4.69, 9.17) is 27.9 Å². The second-order valence-corrected chi connectivity index (χ2v) is 9.15. The number of esters is 1. The third-order valence-electron chi connectivity index (χ3n) is 5.16. The fourth-order valence-corrected chi connectivity index (χ4v) is 5.02. The number of non-ortho nitro benzene ring substituents is 1. The minimum Gasteiger partial charge on any atom is -0.463 e. The maximum atomic E-state index is 13.5. The van der Waals surface area contributed by atoms with Crippen LogP contribution in [0.1, 0.15) is 31.0 Å². The minimum atomic E-state index is -0.939. The molecule has 0 fully saturated rings. The summed E-state index contributed by atoms with van der Waals surface area (Å²) in [6, 6.07) is 9.88. The smallest absolute Gasteiger partial charge is 0.338 e. The van der Waals surface area contributed by atoms with Crippen molar-refractivity contribution in [2.24, 2.45) is 4.99 Å². The molecule has 4 rings (SSSR count). The van der Waals surface area contributed by atoms with Crippen molar-refractivity contribution in [3.05, 3.63) is 105 Å². The van der Waals surface area contributed by atoms with Crippen molar-refractivity contribution in [2.75, 3.05) is 6.61 Å². The number of carbonyl (C=O) groups is 1. The van der Waals surface area contributed by atoms with Crippen molar-refractivity contribution >= 4 is 52.3 Å². The highest BCUT2D eigenvalue weighted by Crippen LogP contribution is 2.32. The summed E-state index contributed by atoms with van der Waals surface area (Å²) in [4.78, 5) is 42.1. The minimum absolute atomic E-state index is 0.124. The van der Waals surface area contributed by atoms with Gasteiger partial charge < -0.3 is 4.74 Å². The van der Waals surface area contributed by atoms with E-state index in [1.807, 2.05) is 0 Å². The lowest BCUT2D eigenvalue weighted by Crippen LogP contribution is -2.40. The van der Waals surface area contributed by atoms with E-state index in [-0.39, 0.29) is 17.9 Å². The fraction of sp³-hybridized carbons (Fsp3) is 0.174. The highest BCUT2D eigenvalue weighted by molar-refractivity contribution is 7.07. The largest absolute Gasteiger partial charge is 0.463 e. The molecule has 0 amide bonds. The Hall–Kier alpha value is -3.27. The zero-order valence-corrected chi connectivity index (χ0v) is 20.3. The highest BCUT2D eigenvalue weighted by Gasteiger charge is 2.34. The molecule has 0 radical (unpaired) electrons. The Labute approximate surface area is 207 Å². The van der Waals surface area contributed by atoms with Crippen LogP contribution in [0.4, 0.5) is 5.69 Å². The number of allylic oxidation sites excluding steroid dienone is 1. The van der Waals surface area contributed by atoms with Crippen molar-refractivity contribution in [1.82, 2.24) is 4.57 Å². The van der Waals surface area contributed by atoms with Gasteiger partial charge in [-0.25, -0.2) is 9.79 Å². The molecular formula is C23H17Cl2N3O5S. The Morgan fingerprint density at radius 3 is 2.71 bits per heavy atom. The molecule has 0 bridgehead atoms. The molecule has 0 unspecified atom stereocenters. The lowest BCUT2D eigenvalue weighted by molar-refractivity contribution is -0.384. The first-order valence-corrected chi connectivity index (χ1v) is 11.7. The molecule has 0 aliphatic carbocycles. The predicted octanol–water partition coefficient (Wildman–Crippen LogP) is 4.01. The van der Waals surface area contributed by atoms with Gasteiger partial charge in [0.15, 0.2) is 4.80 Å². The number of fused-ring (bicyclic) bond motifs is 1. The molecular weight excluding hydrogens is 501 g/mol. The van der Waals surface area contributed by atoms with Crippen LogP contribution >= 0.6 is 34.5 Å². The van der Waals surface area contributed by atoms with E-state index in [0.717, 1.165) is 11.3 Å². The summed E-state index contributed by atoms with van der Waals surface area (Å²) in [6.45, 7) is 3.44. The van der Waals surface area contributed by atoms with Crippen molar-refractivity contribution in [1.29, 1.82) is 0 Å². The van der Waals surface area contributed by atoms with E-state index in [1.165, 1.54) is 22.8 Å². The quantitative estimate of drug-likeness (QED) is 0.289. The normalized spacial score (nSPS) is 15.6. The molecule has 0 N–H and O–H groups in total. The number of aromatic nitrogens is 1. The first kappa shape index (κ1) is 23.9. The number of benzene rings is 2. The fourth-order valence-electron chi connectivity index (χ4n) is 3.67. The van der Waals surface area contributed by atoms with Gasteiger partial charge in [-0.2, -0.15) is 0 Å². The maximum Gasteiger partial charge on any atom is 0.338 e. The Balaban J connectivity index is 1.97. The summed E-state index contributed by atoms with van der Waals surface area (Å²) >= 11 is 13.2.